The second kappa shape index (κ2) is 11.2. The Morgan fingerprint density at radius 2 is 1.70 bits per heavy atom. The fourth-order valence-corrected chi connectivity index (χ4v) is 5.07. The number of nitrogens with one attached hydrogen (secondary N) is 1. The highest BCUT2D eigenvalue weighted by molar-refractivity contribution is 6.33. The van der Waals surface area contributed by atoms with Gasteiger partial charge in [-0.3, -0.25) is 19.7 Å². The van der Waals surface area contributed by atoms with Crippen LogP contribution >= 0.6 is 11.6 Å². The first kappa shape index (κ1) is 27.0. The highest BCUT2D eigenvalue weighted by Crippen LogP contribution is 2.33. The van der Waals surface area contributed by atoms with Crippen LogP contribution in [0.15, 0.2) is 77.2 Å². The number of anilines is 2. The van der Waals surface area contributed by atoms with Crippen LogP contribution in [0.25, 0.3) is 11.3 Å². The van der Waals surface area contributed by atoms with Crippen molar-refractivity contribution in [3.8, 4) is 11.3 Å². The van der Waals surface area contributed by atoms with Gasteiger partial charge in [-0.15, -0.1) is 0 Å². The number of nitro groups is 1. The Kier molecular flexibility index (Phi) is 7.57. The number of carbonyl (C=O) groups excluding carboxylic acids is 2. The largest absolute Gasteiger partial charge is 0.451 e. The van der Waals surface area contributed by atoms with Gasteiger partial charge in [0, 0.05) is 43.5 Å². The standard InChI is InChI=1S/C30H27ClN4O5/c1-19-7-9-23(26(17-19)35(38)39)27-11-12-28(40-27)29(36)32-21-8-10-25(24(31)18-21)33-13-15-34(16-14-33)30(37)22-6-4-3-5-20(22)2/h3-12,17-18H,13-16H2,1-2H3,(H,32,36). The second-order valence-electron chi connectivity index (χ2n) is 9.66. The number of furan rings is 1. The molecule has 1 aliphatic heterocycles. The molecule has 0 radical (unpaired) electrons. The first-order chi connectivity index (χ1) is 19.2. The zero-order valence-electron chi connectivity index (χ0n) is 22.0. The first-order valence-corrected chi connectivity index (χ1v) is 13.1. The Morgan fingerprint density at radius 3 is 2.40 bits per heavy atom. The van der Waals surface area contributed by atoms with Gasteiger partial charge in [0.2, 0.25) is 0 Å². The van der Waals surface area contributed by atoms with Gasteiger partial charge in [-0.25, -0.2) is 0 Å². The van der Waals surface area contributed by atoms with Crippen molar-refractivity contribution < 1.29 is 18.9 Å². The third-order valence-electron chi connectivity index (χ3n) is 6.93. The molecule has 4 aromatic rings. The summed E-state index contributed by atoms with van der Waals surface area (Å²) in [4.78, 5) is 40.7. The van der Waals surface area contributed by atoms with E-state index in [1.54, 1.807) is 31.2 Å². The van der Waals surface area contributed by atoms with E-state index in [2.05, 4.69) is 10.2 Å². The minimum Gasteiger partial charge on any atom is -0.451 e. The molecule has 1 aromatic heterocycles. The maximum Gasteiger partial charge on any atom is 0.291 e. The molecule has 1 fully saturated rings. The topological polar surface area (TPSA) is 109 Å². The zero-order valence-corrected chi connectivity index (χ0v) is 22.8. The van der Waals surface area contributed by atoms with Gasteiger partial charge in [-0.2, -0.15) is 0 Å². The number of halogens is 1. The number of hydrogen-bond donors (Lipinski definition) is 1. The molecule has 2 amide bonds. The van der Waals surface area contributed by atoms with Gasteiger partial charge in [-0.05, 0) is 67.4 Å². The lowest BCUT2D eigenvalue weighted by Crippen LogP contribution is -2.49. The number of nitro benzene ring substituents is 1. The molecule has 0 unspecified atom stereocenters. The molecule has 40 heavy (non-hydrogen) atoms. The van der Waals surface area contributed by atoms with E-state index in [1.807, 2.05) is 42.2 Å². The zero-order chi connectivity index (χ0) is 28.4. The van der Waals surface area contributed by atoms with E-state index in [-0.39, 0.29) is 23.1 Å². The summed E-state index contributed by atoms with van der Waals surface area (Å²) >= 11 is 6.59. The van der Waals surface area contributed by atoms with E-state index in [0.29, 0.717) is 42.5 Å². The van der Waals surface area contributed by atoms with Crippen molar-refractivity contribution in [1.82, 2.24) is 4.90 Å². The van der Waals surface area contributed by atoms with Crippen molar-refractivity contribution in [3.05, 3.63) is 110 Å². The van der Waals surface area contributed by atoms with Gasteiger partial charge in [0.25, 0.3) is 17.5 Å². The average Bonchev–Trinajstić information content (AvgIpc) is 3.44. The molecule has 2 heterocycles. The van der Waals surface area contributed by atoms with Crippen LogP contribution in [-0.4, -0.2) is 47.8 Å². The number of rotatable bonds is 6. The molecular weight excluding hydrogens is 532 g/mol. The Hall–Kier alpha value is -4.63. The number of nitrogens with zero attached hydrogens (tertiary/aromatic N) is 3. The van der Waals surface area contributed by atoms with E-state index in [0.717, 1.165) is 22.4 Å². The van der Waals surface area contributed by atoms with Crippen molar-refractivity contribution in [2.45, 2.75) is 13.8 Å². The van der Waals surface area contributed by atoms with Crippen LogP contribution in [0.1, 0.15) is 32.0 Å². The van der Waals surface area contributed by atoms with Crippen molar-refractivity contribution in [2.24, 2.45) is 0 Å². The van der Waals surface area contributed by atoms with Crippen LogP contribution in [-0.2, 0) is 0 Å². The second-order valence-corrected chi connectivity index (χ2v) is 10.1. The smallest absolute Gasteiger partial charge is 0.291 e. The lowest BCUT2D eigenvalue weighted by atomic mass is 10.1. The van der Waals surface area contributed by atoms with E-state index in [9.17, 15) is 19.7 Å². The van der Waals surface area contributed by atoms with Gasteiger partial charge in [-0.1, -0.05) is 35.9 Å². The number of hydrogen-bond acceptors (Lipinski definition) is 6. The first-order valence-electron chi connectivity index (χ1n) is 12.8. The molecule has 1 saturated heterocycles. The van der Waals surface area contributed by atoms with Crippen LogP contribution in [0.4, 0.5) is 17.1 Å². The lowest BCUT2D eigenvalue weighted by molar-refractivity contribution is -0.384. The number of aryl methyl sites for hydroxylation is 2. The van der Waals surface area contributed by atoms with Gasteiger partial charge in [0.15, 0.2) is 5.76 Å². The average molecular weight is 559 g/mol. The van der Waals surface area contributed by atoms with Gasteiger partial charge in [0.05, 0.1) is 21.2 Å². The molecule has 1 aliphatic rings. The summed E-state index contributed by atoms with van der Waals surface area (Å²) in [5.74, 6) is -0.238. The Balaban J connectivity index is 1.23. The van der Waals surface area contributed by atoms with Crippen LogP contribution in [0.5, 0.6) is 0 Å². The van der Waals surface area contributed by atoms with Gasteiger partial charge < -0.3 is 19.5 Å². The molecule has 0 spiro atoms. The predicted octanol–water partition coefficient (Wildman–Crippen LogP) is 6.34. The van der Waals surface area contributed by atoms with Gasteiger partial charge >= 0.3 is 0 Å². The summed E-state index contributed by atoms with van der Waals surface area (Å²) in [6.07, 6.45) is 0. The summed E-state index contributed by atoms with van der Waals surface area (Å²) in [7, 11) is 0. The Morgan fingerprint density at radius 1 is 0.950 bits per heavy atom. The van der Waals surface area contributed by atoms with Crippen molar-refractivity contribution in [3.63, 3.8) is 0 Å². The highest BCUT2D eigenvalue weighted by atomic mass is 35.5. The molecule has 0 bridgehead atoms. The predicted molar refractivity (Wildman–Crippen MR) is 154 cm³/mol. The van der Waals surface area contributed by atoms with E-state index in [1.165, 1.54) is 18.2 Å². The summed E-state index contributed by atoms with van der Waals surface area (Å²) < 4.78 is 5.66. The number of benzene rings is 3. The number of amides is 2. The fraction of sp³-hybridized carbons (Fsp3) is 0.200. The minimum atomic E-state index is -0.506. The fourth-order valence-electron chi connectivity index (χ4n) is 4.77. The van der Waals surface area contributed by atoms with E-state index in [4.69, 9.17) is 16.0 Å². The maximum absolute atomic E-state index is 12.9. The molecule has 3 aromatic carbocycles. The number of carbonyl (C=O) groups is 2. The molecule has 5 rings (SSSR count). The summed E-state index contributed by atoms with van der Waals surface area (Å²) in [6.45, 7) is 6.10. The highest BCUT2D eigenvalue weighted by Gasteiger charge is 2.25. The maximum atomic E-state index is 12.9. The Labute approximate surface area is 236 Å². The molecule has 10 heteroatoms. The van der Waals surface area contributed by atoms with E-state index >= 15 is 0 Å². The summed E-state index contributed by atoms with van der Waals surface area (Å²) in [6, 6.07) is 20.6. The SMILES string of the molecule is Cc1ccc(-c2ccc(C(=O)Nc3ccc(N4CCN(C(=O)c5ccccc5C)CC4)c(Cl)c3)o2)c([N+](=O)[O-])c1. The molecule has 9 nitrogen and oxygen atoms in total. The third kappa shape index (κ3) is 5.55. The molecule has 0 saturated carbocycles. The van der Waals surface area contributed by atoms with Crippen LogP contribution < -0.4 is 10.2 Å². The molecule has 1 N–H and O–H groups in total. The van der Waals surface area contributed by atoms with Gasteiger partial charge in [0.1, 0.15) is 5.76 Å². The van der Waals surface area contributed by atoms with Crippen molar-refractivity contribution in [1.29, 1.82) is 0 Å². The van der Waals surface area contributed by atoms with Crippen molar-refractivity contribution >= 4 is 40.5 Å². The molecule has 0 atom stereocenters. The normalized spacial score (nSPS) is 13.3. The lowest BCUT2D eigenvalue weighted by Gasteiger charge is -2.36. The van der Waals surface area contributed by atoms with Crippen LogP contribution in [0.3, 0.4) is 0 Å². The van der Waals surface area contributed by atoms with Crippen LogP contribution in [0, 0.1) is 24.0 Å². The number of piperazine rings is 1. The quantitative estimate of drug-likeness (QED) is 0.218. The summed E-state index contributed by atoms with van der Waals surface area (Å²) in [5.41, 5.74) is 3.92. The molecule has 0 aliphatic carbocycles. The minimum absolute atomic E-state index is 0.0134. The van der Waals surface area contributed by atoms with Crippen molar-refractivity contribution in [2.75, 3.05) is 36.4 Å². The molecule has 204 valence electrons. The summed E-state index contributed by atoms with van der Waals surface area (Å²) in [5, 5.41) is 14.7. The van der Waals surface area contributed by atoms with E-state index < -0.39 is 10.8 Å². The van der Waals surface area contributed by atoms with Crippen LogP contribution in [0.2, 0.25) is 5.02 Å². The monoisotopic (exact) mass is 558 g/mol. The Bertz CT molecular complexity index is 1610. The third-order valence-corrected chi connectivity index (χ3v) is 7.24. The molecular formula is C30H27ClN4O5.